The van der Waals surface area contributed by atoms with Crippen LogP contribution >= 0.6 is 0 Å². The Morgan fingerprint density at radius 3 is 2.71 bits per heavy atom. The molecular formula is C11H23NO2. The highest BCUT2D eigenvalue weighted by Crippen LogP contribution is 2.27. The Hall–Kier alpha value is -0.120. The van der Waals surface area contributed by atoms with Gasteiger partial charge in [-0.15, -0.1) is 0 Å². The average molecular weight is 201 g/mol. The van der Waals surface area contributed by atoms with Gasteiger partial charge in [-0.25, -0.2) is 0 Å². The summed E-state index contributed by atoms with van der Waals surface area (Å²) in [5, 5.41) is 13.1. The molecule has 1 heterocycles. The third-order valence-electron chi connectivity index (χ3n) is 2.90. The van der Waals surface area contributed by atoms with Gasteiger partial charge in [0.1, 0.15) is 0 Å². The highest BCUT2D eigenvalue weighted by atomic mass is 16.5. The van der Waals surface area contributed by atoms with Crippen LogP contribution in [0.4, 0.5) is 0 Å². The van der Waals surface area contributed by atoms with Gasteiger partial charge in [0.05, 0.1) is 17.8 Å². The summed E-state index contributed by atoms with van der Waals surface area (Å²) in [7, 11) is 1.91. The second-order valence-electron chi connectivity index (χ2n) is 4.70. The molecule has 3 nitrogen and oxygen atoms in total. The number of rotatable bonds is 5. The van der Waals surface area contributed by atoms with Crippen LogP contribution in [-0.2, 0) is 4.74 Å². The molecular weight excluding hydrogens is 178 g/mol. The second kappa shape index (κ2) is 5.10. The normalized spacial score (nSPS) is 31.7. The van der Waals surface area contributed by atoms with Crippen molar-refractivity contribution in [2.75, 3.05) is 13.6 Å². The summed E-state index contributed by atoms with van der Waals surface area (Å²) in [6, 6.07) is 0. The molecule has 1 fully saturated rings. The van der Waals surface area contributed by atoms with E-state index in [0.717, 1.165) is 32.2 Å². The summed E-state index contributed by atoms with van der Waals surface area (Å²) in [5.41, 5.74) is -0.586. The van der Waals surface area contributed by atoms with E-state index < -0.39 is 5.60 Å². The largest absolute Gasteiger partial charge is 0.390 e. The average Bonchev–Trinajstić information content (AvgIpc) is 2.47. The number of ether oxygens (including phenoxy) is 1. The van der Waals surface area contributed by atoms with Crippen LogP contribution in [0.2, 0.25) is 0 Å². The number of aliphatic hydroxyl groups is 1. The predicted molar refractivity (Wildman–Crippen MR) is 57.4 cm³/mol. The zero-order valence-electron chi connectivity index (χ0n) is 9.55. The van der Waals surface area contributed by atoms with Gasteiger partial charge in [-0.2, -0.15) is 0 Å². The van der Waals surface area contributed by atoms with E-state index in [1.165, 1.54) is 0 Å². The highest BCUT2D eigenvalue weighted by molar-refractivity contribution is 4.81. The Bertz CT molecular complexity index is 171. The minimum atomic E-state index is -0.586. The van der Waals surface area contributed by atoms with E-state index >= 15 is 0 Å². The molecule has 0 bridgehead atoms. The van der Waals surface area contributed by atoms with Gasteiger partial charge in [-0.3, -0.25) is 0 Å². The maximum Gasteiger partial charge on any atom is 0.0656 e. The molecule has 3 heteroatoms. The van der Waals surface area contributed by atoms with E-state index in [0.29, 0.717) is 6.10 Å². The van der Waals surface area contributed by atoms with Crippen molar-refractivity contribution < 1.29 is 9.84 Å². The molecule has 84 valence electrons. The monoisotopic (exact) mass is 201 g/mol. The maximum atomic E-state index is 10.1. The van der Waals surface area contributed by atoms with Crippen molar-refractivity contribution in [1.82, 2.24) is 5.32 Å². The quantitative estimate of drug-likeness (QED) is 0.704. The zero-order valence-corrected chi connectivity index (χ0v) is 9.55. The van der Waals surface area contributed by atoms with Gasteiger partial charge < -0.3 is 15.2 Å². The van der Waals surface area contributed by atoms with Gasteiger partial charge in [0.25, 0.3) is 0 Å². The van der Waals surface area contributed by atoms with Gasteiger partial charge in [0, 0.05) is 6.42 Å². The molecule has 14 heavy (non-hydrogen) atoms. The Morgan fingerprint density at radius 2 is 2.21 bits per heavy atom. The van der Waals surface area contributed by atoms with Crippen molar-refractivity contribution in [3.63, 3.8) is 0 Å². The summed E-state index contributed by atoms with van der Waals surface area (Å²) < 4.78 is 5.70. The third kappa shape index (κ3) is 3.95. The van der Waals surface area contributed by atoms with Gasteiger partial charge in [-0.1, -0.05) is 0 Å². The van der Waals surface area contributed by atoms with Crippen LogP contribution in [0.1, 0.15) is 39.5 Å². The van der Waals surface area contributed by atoms with Crippen molar-refractivity contribution in [2.45, 2.75) is 57.3 Å². The highest BCUT2D eigenvalue weighted by Gasteiger charge is 2.29. The van der Waals surface area contributed by atoms with Crippen LogP contribution in [0.25, 0.3) is 0 Å². The summed E-state index contributed by atoms with van der Waals surface area (Å²) >= 11 is 0. The minimum absolute atomic E-state index is 0.261. The SMILES string of the molecule is CNCCC(C)(O)CC1CCC(C)O1. The summed E-state index contributed by atoms with van der Waals surface area (Å²) in [4.78, 5) is 0. The molecule has 2 N–H and O–H groups in total. The minimum Gasteiger partial charge on any atom is -0.390 e. The molecule has 0 spiro atoms. The molecule has 1 aliphatic heterocycles. The molecule has 0 amide bonds. The van der Waals surface area contributed by atoms with Crippen molar-refractivity contribution in [3.8, 4) is 0 Å². The van der Waals surface area contributed by atoms with Crippen LogP contribution in [0.5, 0.6) is 0 Å². The predicted octanol–water partition coefficient (Wildman–Crippen LogP) is 1.30. The molecule has 3 atom stereocenters. The van der Waals surface area contributed by atoms with E-state index in [9.17, 15) is 5.11 Å². The van der Waals surface area contributed by atoms with Gasteiger partial charge in [0.15, 0.2) is 0 Å². The first-order valence-electron chi connectivity index (χ1n) is 5.56. The van der Waals surface area contributed by atoms with Crippen molar-refractivity contribution >= 4 is 0 Å². The van der Waals surface area contributed by atoms with Crippen LogP contribution in [0.3, 0.4) is 0 Å². The van der Waals surface area contributed by atoms with E-state index in [-0.39, 0.29) is 6.10 Å². The van der Waals surface area contributed by atoms with E-state index in [1.807, 2.05) is 14.0 Å². The molecule has 0 aliphatic carbocycles. The van der Waals surface area contributed by atoms with Crippen molar-refractivity contribution in [1.29, 1.82) is 0 Å². The molecule has 1 saturated heterocycles. The lowest BCUT2D eigenvalue weighted by molar-refractivity contribution is -0.0274. The lowest BCUT2D eigenvalue weighted by Gasteiger charge is -2.26. The third-order valence-corrected chi connectivity index (χ3v) is 2.90. The standard InChI is InChI=1S/C11H23NO2/c1-9-4-5-10(14-9)8-11(2,13)6-7-12-3/h9-10,12-13H,4-8H2,1-3H3. The Morgan fingerprint density at radius 1 is 1.50 bits per heavy atom. The zero-order chi connectivity index (χ0) is 10.6. The molecule has 0 aromatic carbocycles. The molecule has 1 aliphatic rings. The van der Waals surface area contributed by atoms with E-state index in [4.69, 9.17) is 4.74 Å². The summed E-state index contributed by atoms with van der Waals surface area (Å²) in [6.07, 6.45) is 4.41. The van der Waals surface area contributed by atoms with Crippen molar-refractivity contribution in [2.24, 2.45) is 0 Å². The Kier molecular flexibility index (Phi) is 4.35. The number of nitrogens with one attached hydrogen (secondary N) is 1. The number of hydrogen-bond acceptors (Lipinski definition) is 3. The second-order valence-corrected chi connectivity index (χ2v) is 4.70. The fourth-order valence-electron chi connectivity index (χ4n) is 2.02. The topological polar surface area (TPSA) is 41.5 Å². The lowest BCUT2D eigenvalue weighted by Crippen LogP contribution is -2.33. The Balaban J connectivity index is 2.27. The maximum absolute atomic E-state index is 10.1. The lowest BCUT2D eigenvalue weighted by atomic mass is 9.93. The van der Waals surface area contributed by atoms with Crippen LogP contribution < -0.4 is 5.32 Å². The van der Waals surface area contributed by atoms with E-state index in [2.05, 4.69) is 12.2 Å². The van der Waals surface area contributed by atoms with Gasteiger partial charge in [0.2, 0.25) is 0 Å². The smallest absolute Gasteiger partial charge is 0.0656 e. The molecule has 0 saturated carbocycles. The first-order chi connectivity index (χ1) is 6.53. The molecule has 0 radical (unpaired) electrons. The first-order valence-corrected chi connectivity index (χ1v) is 5.56. The van der Waals surface area contributed by atoms with Crippen LogP contribution in [-0.4, -0.2) is 36.5 Å². The van der Waals surface area contributed by atoms with Crippen LogP contribution in [0, 0.1) is 0 Å². The Labute approximate surface area is 86.8 Å². The molecule has 1 rings (SSSR count). The van der Waals surface area contributed by atoms with Crippen molar-refractivity contribution in [3.05, 3.63) is 0 Å². The van der Waals surface area contributed by atoms with Gasteiger partial charge in [-0.05, 0) is 46.7 Å². The van der Waals surface area contributed by atoms with E-state index in [1.54, 1.807) is 0 Å². The fraction of sp³-hybridized carbons (Fsp3) is 1.00. The van der Waals surface area contributed by atoms with Gasteiger partial charge >= 0.3 is 0 Å². The summed E-state index contributed by atoms with van der Waals surface area (Å²) in [5.74, 6) is 0. The van der Waals surface area contributed by atoms with Crippen LogP contribution in [0.15, 0.2) is 0 Å². The molecule has 3 unspecified atom stereocenters. The fourth-order valence-corrected chi connectivity index (χ4v) is 2.02. The molecule has 0 aromatic heterocycles. The molecule has 0 aromatic rings. The number of hydrogen-bond donors (Lipinski definition) is 2. The first kappa shape index (κ1) is 12.0. The summed E-state index contributed by atoms with van der Waals surface area (Å²) in [6.45, 7) is 4.86.